The lowest BCUT2D eigenvalue weighted by molar-refractivity contribution is 0.00737. The SMILES string of the molecule is CCC1CN(C(C)(C)CC)C(C(C)C)CN1. The maximum absolute atomic E-state index is 3.68. The molecule has 1 fully saturated rings. The summed E-state index contributed by atoms with van der Waals surface area (Å²) in [5, 5.41) is 3.68. The van der Waals surface area contributed by atoms with Crippen LogP contribution in [0.3, 0.4) is 0 Å². The summed E-state index contributed by atoms with van der Waals surface area (Å²) in [6, 6.07) is 1.37. The molecule has 1 heterocycles. The van der Waals surface area contributed by atoms with E-state index in [1.165, 1.54) is 19.4 Å². The molecule has 0 saturated carbocycles. The Morgan fingerprint density at radius 3 is 2.38 bits per heavy atom. The number of hydrogen-bond donors (Lipinski definition) is 1. The van der Waals surface area contributed by atoms with Crippen LogP contribution >= 0.6 is 0 Å². The number of piperazine rings is 1. The molecule has 0 spiro atoms. The second-order valence-corrected chi connectivity index (χ2v) is 6.14. The number of hydrogen-bond acceptors (Lipinski definition) is 2. The summed E-state index contributed by atoms with van der Waals surface area (Å²) in [5.74, 6) is 0.733. The van der Waals surface area contributed by atoms with Gasteiger partial charge in [-0.3, -0.25) is 4.90 Å². The van der Waals surface area contributed by atoms with Gasteiger partial charge in [-0.15, -0.1) is 0 Å². The van der Waals surface area contributed by atoms with Crippen molar-refractivity contribution >= 4 is 0 Å². The van der Waals surface area contributed by atoms with Crippen molar-refractivity contribution < 1.29 is 0 Å². The summed E-state index contributed by atoms with van der Waals surface area (Å²) in [6.45, 7) is 16.4. The highest BCUT2D eigenvalue weighted by atomic mass is 15.3. The van der Waals surface area contributed by atoms with Crippen molar-refractivity contribution in [3.8, 4) is 0 Å². The molecule has 2 nitrogen and oxygen atoms in total. The third-order valence-electron chi connectivity index (χ3n) is 4.34. The average molecular weight is 226 g/mol. The molecule has 0 bridgehead atoms. The summed E-state index contributed by atoms with van der Waals surface area (Å²) in [6.07, 6.45) is 2.47. The van der Waals surface area contributed by atoms with Crippen molar-refractivity contribution in [1.29, 1.82) is 0 Å². The van der Waals surface area contributed by atoms with Crippen LogP contribution in [0.15, 0.2) is 0 Å². The first-order valence-corrected chi connectivity index (χ1v) is 6.92. The van der Waals surface area contributed by atoms with E-state index >= 15 is 0 Å². The molecule has 1 rings (SSSR count). The van der Waals surface area contributed by atoms with Gasteiger partial charge in [0.05, 0.1) is 0 Å². The highest BCUT2D eigenvalue weighted by molar-refractivity contribution is 4.94. The molecule has 0 amide bonds. The Kier molecular flexibility index (Phi) is 4.81. The number of nitrogens with one attached hydrogen (secondary N) is 1. The van der Waals surface area contributed by atoms with Gasteiger partial charge >= 0.3 is 0 Å². The Morgan fingerprint density at radius 2 is 1.94 bits per heavy atom. The molecule has 0 radical (unpaired) electrons. The van der Waals surface area contributed by atoms with Gasteiger partial charge in [-0.05, 0) is 32.6 Å². The van der Waals surface area contributed by atoms with E-state index in [-0.39, 0.29) is 0 Å². The molecule has 0 aromatic rings. The smallest absolute Gasteiger partial charge is 0.0249 e. The number of rotatable bonds is 4. The molecule has 2 unspecified atom stereocenters. The standard InChI is InChI=1S/C14H30N2/c1-7-12-10-16(14(5,6)8-2)13(9-15-12)11(3)4/h11-13,15H,7-10H2,1-6H3. The summed E-state index contributed by atoms with van der Waals surface area (Å²) in [5.41, 5.74) is 0.338. The van der Waals surface area contributed by atoms with E-state index in [0.29, 0.717) is 17.6 Å². The topological polar surface area (TPSA) is 15.3 Å². The molecule has 1 aliphatic heterocycles. The highest BCUT2D eigenvalue weighted by Gasteiger charge is 2.36. The van der Waals surface area contributed by atoms with Crippen LogP contribution in [0, 0.1) is 5.92 Å². The van der Waals surface area contributed by atoms with Crippen molar-refractivity contribution in [3.63, 3.8) is 0 Å². The van der Waals surface area contributed by atoms with E-state index in [9.17, 15) is 0 Å². The third-order valence-corrected chi connectivity index (χ3v) is 4.34. The zero-order valence-corrected chi connectivity index (χ0v) is 12.0. The molecular formula is C14H30N2. The van der Waals surface area contributed by atoms with E-state index in [2.05, 4.69) is 51.8 Å². The van der Waals surface area contributed by atoms with Crippen molar-refractivity contribution in [2.75, 3.05) is 13.1 Å². The Labute approximate surface area is 102 Å². The van der Waals surface area contributed by atoms with E-state index in [0.717, 1.165) is 12.5 Å². The first kappa shape index (κ1) is 14.0. The lowest BCUT2D eigenvalue weighted by Crippen LogP contribution is -2.63. The van der Waals surface area contributed by atoms with E-state index in [1.54, 1.807) is 0 Å². The lowest BCUT2D eigenvalue weighted by atomic mass is 9.89. The molecule has 1 N–H and O–H groups in total. The average Bonchev–Trinajstić information content (AvgIpc) is 2.28. The van der Waals surface area contributed by atoms with Crippen molar-refractivity contribution in [3.05, 3.63) is 0 Å². The van der Waals surface area contributed by atoms with Gasteiger partial charge in [0.2, 0.25) is 0 Å². The van der Waals surface area contributed by atoms with Crippen LogP contribution in [0.1, 0.15) is 54.4 Å². The van der Waals surface area contributed by atoms with Crippen LogP contribution in [0.2, 0.25) is 0 Å². The van der Waals surface area contributed by atoms with Crippen molar-refractivity contribution in [1.82, 2.24) is 10.2 Å². The van der Waals surface area contributed by atoms with E-state index in [4.69, 9.17) is 0 Å². The predicted molar refractivity (Wildman–Crippen MR) is 71.8 cm³/mol. The van der Waals surface area contributed by atoms with Crippen LogP contribution in [-0.4, -0.2) is 35.6 Å². The molecule has 0 aromatic carbocycles. The fourth-order valence-corrected chi connectivity index (χ4v) is 2.60. The highest BCUT2D eigenvalue weighted by Crippen LogP contribution is 2.27. The van der Waals surface area contributed by atoms with Crippen LogP contribution < -0.4 is 5.32 Å². The molecule has 16 heavy (non-hydrogen) atoms. The molecule has 96 valence electrons. The molecule has 2 atom stereocenters. The number of nitrogens with zero attached hydrogens (tertiary/aromatic N) is 1. The minimum absolute atomic E-state index is 0.338. The maximum atomic E-state index is 3.68. The van der Waals surface area contributed by atoms with Crippen molar-refractivity contribution in [2.24, 2.45) is 5.92 Å². The Hall–Kier alpha value is -0.0800. The van der Waals surface area contributed by atoms with Gasteiger partial charge in [-0.2, -0.15) is 0 Å². The zero-order valence-electron chi connectivity index (χ0n) is 12.0. The fourth-order valence-electron chi connectivity index (χ4n) is 2.60. The van der Waals surface area contributed by atoms with Gasteiger partial charge in [0, 0.05) is 30.7 Å². The first-order valence-electron chi connectivity index (χ1n) is 6.92. The largest absolute Gasteiger partial charge is 0.311 e. The summed E-state index contributed by atoms with van der Waals surface area (Å²) >= 11 is 0. The van der Waals surface area contributed by atoms with Gasteiger partial charge in [0.25, 0.3) is 0 Å². The normalized spacial score (nSPS) is 28.7. The summed E-state index contributed by atoms with van der Waals surface area (Å²) < 4.78 is 0. The lowest BCUT2D eigenvalue weighted by Gasteiger charge is -2.50. The Morgan fingerprint density at radius 1 is 1.31 bits per heavy atom. The molecule has 0 aliphatic carbocycles. The quantitative estimate of drug-likeness (QED) is 0.793. The second-order valence-electron chi connectivity index (χ2n) is 6.14. The molecule has 1 aliphatic rings. The van der Waals surface area contributed by atoms with Gasteiger partial charge in [0.1, 0.15) is 0 Å². The minimum Gasteiger partial charge on any atom is -0.311 e. The van der Waals surface area contributed by atoms with Crippen LogP contribution in [0.4, 0.5) is 0 Å². The molecule has 0 aromatic heterocycles. The molecule has 2 heteroatoms. The fraction of sp³-hybridized carbons (Fsp3) is 1.00. The van der Waals surface area contributed by atoms with Crippen LogP contribution in [0.5, 0.6) is 0 Å². The van der Waals surface area contributed by atoms with E-state index < -0.39 is 0 Å². The Balaban J connectivity index is 2.79. The van der Waals surface area contributed by atoms with Crippen LogP contribution in [-0.2, 0) is 0 Å². The zero-order chi connectivity index (χ0) is 12.3. The Bertz CT molecular complexity index is 211. The van der Waals surface area contributed by atoms with Crippen molar-refractivity contribution in [2.45, 2.75) is 72.0 Å². The van der Waals surface area contributed by atoms with E-state index in [1.807, 2.05) is 0 Å². The van der Waals surface area contributed by atoms with Gasteiger partial charge in [-0.1, -0.05) is 27.7 Å². The summed E-state index contributed by atoms with van der Waals surface area (Å²) in [7, 11) is 0. The summed E-state index contributed by atoms with van der Waals surface area (Å²) in [4.78, 5) is 2.74. The van der Waals surface area contributed by atoms with Gasteiger partial charge in [-0.25, -0.2) is 0 Å². The minimum atomic E-state index is 0.338. The third kappa shape index (κ3) is 2.98. The van der Waals surface area contributed by atoms with Gasteiger partial charge in [0.15, 0.2) is 0 Å². The van der Waals surface area contributed by atoms with Gasteiger partial charge < -0.3 is 5.32 Å². The monoisotopic (exact) mass is 226 g/mol. The maximum Gasteiger partial charge on any atom is 0.0249 e. The second kappa shape index (κ2) is 5.50. The van der Waals surface area contributed by atoms with Crippen LogP contribution in [0.25, 0.3) is 0 Å². The molecular weight excluding hydrogens is 196 g/mol. The predicted octanol–water partition coefficient (Wildman–Crippen LogP) is 2.88. The first-order chi connectivity index (χ1) is 7.42. The molecule has 1 saturated heterocycles.